The van der Waals surface area contributed by atoms with Gasteiger partial charge in [-0.25, -0.2) is 9.50 Å². The lowest BCUT2D eigenvalue weighted by Gasteiger charge is -2.33. The van der Waals surface area contributed by atoms with E-state index in [9.17, 15) is 0 Å². The first kappa shape index (κ1) is 19.2. The van der Waals surface area contributed by atoms with Gasteiger partial charge in [-0.15, -0.1) is 0 Å². The van der Waals surface area contributed by atoms with Gasteiger partial charge < -0.3 is 0 Å². The fourth-order valence-corrected chi connectivity index (χ4v) is 4.61. The molecule has 0 aliphatic carbocycles. The zero-order chi connectivity index (χ0) is 20.5. The van der Waals surface area contributed by atoms with Gasteiger partial charge in [0.1, 0.15) is 6.33 Å². The van der Waals surface area contributed by atoms with Crippen LogP contribution in [0.5, 0.6) is 0 Å². The lowest BCUT2D eigenvalue weighted by Crippen LogP contribution is -2.34. The van der Waals surface area contributed by atoms with Gasteiger partial charge in [0, 0.05) is 29.7 Å². The van der Waals surface area contributed by atoms with E-state index < -0.39 is 0 Å². The topological polar surface area (TPSA) is 46.3 Å². The summed E-state index contributed by atoms with van der Waals surface area (Å²) in [5.41, 5.74) is 5.89. The molecule has 0 radical (unpaired) electrons. The molecule has 0 spiro atoms. The zero-order valence-electron chi connectivity index (χ0n) is 17.0. The fraction of sp³-hybridized carbons (Fsp3) is 0.292. The van der Waals surface area contributed by atoms with E-state index in [4.69, 9.17) is 11.6 Å². The highest BCUT2D eigenvalue weighted by molar-refractivity contribution is 6.30. The van der Waals surface area contributed by atoms with Gasteiger partial charge in [-0.2, -0.15) is 10.1 Å². The number of hydrogen-bond acceptors (Lipinski definition) is 4. The Morgan fingerprint density at radius 3 is 2.77 bits per heavy atom. The monoisotopic (exact) mass is 417 g/mol. The Morgan fingerprint density at radius 1 is 1.07 bits per heavy atom. The van der Waals surface area contributed by atoms with Gasteiger partial charge in [0.05, 0.1) is 5.69 Å². The molecule has 0 amide bonds. The van der Waals surface area contributed by atoms with E-state index in [-0.39, 0.29) is 0 Å². The van der Waals surface area contributed by atoms with Crippen molar-refractivity contribution >= 4 is 17.4 Å². The first-order valence-corrected chi connectivity index (χ1v) is 10.8. The minimum absolute atomic E-state index is 0.440. The SMILES string of the molecule is Cc1cc(C2CCCN(Cc3ccc(-c4cccc(Cl)c4)cc3)C2)n2ncnc2n1. The van der Waals surface area contributed by atoms with Crippen molar-refractivity contribution < 1.29 is 0 Å². The number of piperidine rings is 1. The van der Waals surface area contributed by atoms with Crippen molar-refractivity contribution in [2.45, 2.75) is 32.2 Å². The molecule has 1 unspecified atom stereocenters. The highest BCUT2D eigenvalue weighted by Crippen LogP contribution is 2.29. The minimum Gasteiger partial charge on any atom is -0.298 e. The van der Waals surface area contributed by atoms with Crippen molar-refractivity contribution in [1.82, 2.24) is 24.5 Å². The van der Waals surface area contributed by atoms with E-state index in [0.29, 0.717) is 11.7 Å². The van der Waals surface area contributed by atoms with E-state index in [1.807, 2.05) is 29.6 Å². The maximum absolute atomic E-state index is 6.14. The highest BCUT2D eigenvalue weighted by atomic mass is 35.5. The largest absolute Gasteiger partial charge is 0.298 e. The second kappa shape index (κ2) is 8.17. The summed E-state index contributed by atoms with van der Waals surface area (Å²) in [4.78, 5) is 11.3. The number of nitrogens with zero attached hydrogens (tertiary/aromatic N) is 5. The van der Waals surface area contributed by atoms with Gasteiger partial charge in [0.25, 0.3) is 5.78 Å². The summed E-state index contributed by atoms with van der Waals surface area (Å²) in [6.07, 6.45) is 3.94. The van der Waals surface area contributed by atoms with Crippen molar-refractivity contribution in [2.75, 3.05) is 13.1 Å². The average molecular weight is 418 g/mol. The first-order chi connectivity index (χ1) is 14.7. The normalized spacial score (nSPS) is 17.5. The van der Waals surface area contributed by atoms with E-state index >= 15 is 0 Å². The lowest BCUT2D eigenvalue weighted by molar-refractivity contribution is 0.197. The molecule has 1 saturated heterocycles. The first-order valence-electron chi connectivity index (χ1n) is 10.4. The Labute approximate surface area is 181 Å². The van der Waals surface area contributed by atoms with Crippen LogP contribution in [0.3, 0.4) is 0 Å². The summed E-state index contributed by atoms with van der Waals surface area (Å²) in [5, 5.41) is 5.17. The van der Waals surface area contributed by atoms with Crippen LogP contribution < -0.4 is 0 Å². The van der Waals surface area contributed by atoms with Crippen molar-refractivity contribution in [3.63, 3.8) is 0 Å². The van der Waals surface area contributed by atoms with Gasteiger partial charge >= 0.3 is 0 Å². The number of benzene rings is 2. The third-order valence-corrected chi connectivity index (χ3v) is 6.08. The molecule has 2 aromatic carbocycles. The molecule has 0 saturated carbocycles. The molecule has 1 aliphatic rings. The number of aryl methyl sites for hydroxylation is 1. The van der Waals surface area contributed by atoms with Crippen LogP contribution in [0.1, 0.15) is 35.7 Å². The molecule has 1 aliphatic heterocycles. The standard InChI is InChI=1S/C24H24ClN5/c1-17-12-23(30-24(28-17)26-16-27-30)21-5-3-11-29(15-21)14-18-7-9-19(10-8-18)20-4-2-6-22(25)13-20/h2,4,6-10,12-13,16,21H,3,5,11,14-15H2,1H3. The number of fused-ring (bicyclic) bond motifs is 1. The van der Waals surface area contributed by atoms with Crippen molar-refractivity contribution in [3.05, 3.63) is 82.9 Å². The second-order valence-electron chi connectivity index (χ2n) is 8.08. The summed E-state index contributed by atoms with van der Waals surface area (Å²) < 4.78 is 1.90. The molecule has 5 nitrogen and oxygen atoms in total. The number of rotatable bonds is 4. The Kier molecular flexibility index (Phi) is 5.23. The third kappa shape index (κ3) is 3.95. The molecule has 3 heterocycles. The summed E-state index contributed by atoms with van der Waals surface area (Å²) in [6.45, 7) is 5.13. The molecule has 0 N–H and O–H groups in total. The van der Waals surface area contributed by atoms with E-state index in [1.165, 1.54) is 29.7 Å². The van der Waals surface area contributed by atoms with Crippen LogP contribution in [-0.4, -0.2) is 37.6 Å². The average Bonchev–Trinajstić information content (AvgIpc) is 3.22. The molecule has 1 atom stereocenters. The molecule has 0 bridgehead atoms. The van der Waals surface area contributed by atoms with Crippen molar-refractivity contribution in [2.24, 2.45) is 0 Å². The summed E-state index contributed by atoms with van der Waals surface area (Å²) >= 11 is 6.14. The molecular formula is C24H24ClN5. The smallest absolute Gasteiger partial charge is 0.252 e. The maximum atomic E-state index is 6.14. The van der Waals surface area contributed by atoms with E-state index in [2.05, 4.69) is 56.4 Å². The van der Waals surface area contributed by atoms with Crippen molar-refractivity contribution in [1.29, 1.82) is 0 Å². The molecule has 30 heavy (non-hydrogen) atoms. The summed E-state index contributed by atoms with van der Waals surface area (Å²) in [5.74, 6) is 1.13. The van der Waals surface area contributed by atoms with Gasteiger partial charge in [0.2, 0.25) is 0 Å². The van der Waals surface area contributed by atoms with Crippen molar-refractivity contribution in [3.8, 4) is 11.1 Å². The minimum atomic E-state index is 0.440. The number of halogens is 1. The molecular weight excluding hydrogens is 394 g/mol. The predicted molar refractivity (Wildman–Crippen MR) is 120 cm³/mol. The molecule has 6 heteroatoms. The summed E-state index contributed by atoms with van der Waals surface area (Å²) in [6, 6.07) is 19.0. The lowest BCUT2D eigenvalue weighted by atomic mass is 9.93. The molecule has 4 aromatic rings. The van der Waals surface area contributed by atoms with Crippen LogP contribution in [0.4, 0.5) is 0 Å². The Balaban J connectivity index is 1.31. The van der Waals surface area contributed by atoms with Gasteiger partial charge in [-0.3, -0.25) is 4.90 Å². The molecule has 2 aromatic heterocycles. The quantitative estimate of drug-likeness (QED) is 0.461. The highest BCUT2D eigenvalue weighted by Gasteiger charge is 2.24. The number of hydrogen-bond donors (Lipinski definition) is 0. The number of likely N-dealkylation sites (tertiary alicyclic amines) is 1. The fourth-order valence-electron chi connectivity index (χ4n) is 4.42. The summed E-state index contributed by atoms with van der Waals surface area (Å²) in [7, 11) is 0. The zero-order valence-corrected chi connectivity index (χ0v) is 17.8. The van der Waals surface area contributed by atoms with Crippen LogP contribution in [0.2, 0.25) is 5.02 Å². The van der Waals surface area contributed by atoms with Gasteiger partial charge in [0.15, 0.2) is 0 Å². The maximum Gasteiger partial charge on any atom is 0.252 e. The van der Waals surface area contributed by atoms with Crippen LogP contribution >= 0.6 is 11.6 Å². The van der Waals surface area contributed by atoms with Crippen LogP contribution in [0, 0.1) is 6.92 Å². The van der Waals surface area contributed by atoms with Gasteiger partial charge in [-0.05, 0) is 61.2 Å². The van der Waals surface area contributed by atoms with Crippen LogP contribution in [-0.2, 0) is 6.54 Å². The van der Waals surface area contributed by atoms with Crippen LogP contribution in [0.25, 0.3) is 16.9 Å². The van der Waals surface area contributed by atoms with Crippen LogP contribution in [0.15, 0.2) is 60.9 Å². The molecule has 1 fully saturated rings. The third-order valence-electron chi connectivity index (χ3n) is 5.85. The van der Waals surface area contributed by atoms with E-state index in [1.54, 1.807) is 6.33 Å². The van der Waals surface area contributed by atoms with E-state index in [0.717, 1.165) is 35.9 Å². The Morgan fingerprint density at radius 2 is 1.93 bits per heavy atom. The Bertz CT molecular complexity index is 1170. The molecule has 5 rings (SSSR count). The molecule has 152 valence electrons. The number of aromatic nitrogens is 4. The Hall–Kier alpha value is -2.76. The second-order valence-corrected chi connectivity index (χ2v) is 8.51. The van der Waals surface area contributed by atoms with Gasteiger partial charge in [-0.1, -0.05) is 48.0 Å². The predicted octanol–water partition coefficient (Wildman–Crippen LogP) is 5.13.